The van der Waals surface area contributed by atoms with E-state index < -0.39 is 11.7 Å². The van der Waals surface area contributed by atoms with E-state index in [0.29, 0.717) is 5.69 Å². The van der Waals surface area contributed by atoms with Crippen molar-refractivity contribution in [3.63, 3.8) is 0 Å². The summed E-state index contributed by atoms with van der Waals surface area (Å²) in [7, 11) is 0. The molecule has 0 aliphatic carbocycles. The van der Waals surface area contributed by atoms with E-state index in [-0.39, 0.29) is 0 Å². The lowest BCUT2D eigenvalue weighted by molar-refractivity contribution is -0.137. The topological polar surface area (TPSA) is 48.0 Å². The van der Waals surface area contributed by atoms with Gasteiger partial charge >= 0.3 is 6.18 Å². The Labute approximate surface area is 136 Å². The minimum absolute atomic E-state index is 0.462. The van der Waals surface area contributed by atoms with Crippen LogP contribution in [0, 0.1) is 13.8 Å². The third-order valence-electron chi connectivity index (χ3n) is 3.64. The first-order valence-electron chi connectivity index (χ1n) is 7.12. The molecule has 3 aromatic rings. The van der Waals surface area contributed by atoms with Crippen LogP contribution in [0.2, 0.25) is 0 Å². The van der Waals surface area contributed by atoms with Crippen LogP contribution in [-0.2, 0) is 6.18 Å². The van der Waals surface area contributed by atoms with E-state index in [0.717, 1.165) is 29.1 Å². The van der Waals surface area contributed by atoms with E-state index in [4.69, 9.17) is 0 Å². The van der Waals surface area contributed by atoms with Crippen LogP contribution in [0.4, 0.5) is 13.2 Å². The van der Waals surface area contributed by atoms with Crippen LogP contribution in [-0.4, -0.2) is 25.7 Å². The van der Waals surface area contributed by atoms with E-state index in [1.807, 2.05) is 19.9 Å². The number of nitrogens with zero attached hydrogens (tertiary/aromatic N) is 5. The lowest BCUT2D eigenvalue weighted by Crippen LogP contribution is -2.07. The normalized spacial score (nSPS) is 12.2. The summed E-state index contributed by atoms with van der Waals surface area (Å²) in [5.41, 5.74) is 2.20. The van der Waals surface area contributed by atoms with Gasteiger partial charge in [0.15, 0.2) is 0 Å². The molecular formula is C16H14F3N5. The summed E-state index contributed by atoms with van der Waals surface area (Å²) in [4.78, 5) is 0. The molecule has 0 atom stereocenters. The molecule has 0 aliphatic heterocycles. The Balaban J connectivity index is 2.01. The molecule has 5 nitrogen and oxygen atoms in total. The lowest BCUT2D eigenvalue weighted by atomic mass is 10.2. The van der Waals surface area contributed by atoms with Gasteiger partial charge in [0.1, 0.15) is 12.7 Å². The molecule has 0 saturated heterocycles. The third-order valence-corrected chi connectivity index (χ3v) is 3.64. The first kappa shape index (κ1) is 16.0. The molecule has 0 spiro atoms. The van der Waals surface area contributed by atoms with Gasteiger partial charge in [0.2, 0.25) is 0 Å². The highest BCUT2D eigenvalue weighted by atomic mass is 19.4. The molecule has 0 aliphatic rings. The number of benzene rings is 1. The summed E-state index contributed by atoms with van der Waals surface area (Å²) in [6.45, 7) is 3.67. The lowest BCUT2D eigenvalue weighted by Gasteiger charge is -2.13. The average molecular weight is 333 g/mol. The average Bonchev–Trinajstić information content (AvgIpc) is 3.13. The van der Waals surface area contributed by atoms with Gasteiger partial charge in [-0.05, 0) is 38.1 Å². The quantitative estimate of drug-likeness (QED) is 0.688. The number of halogens is 3. The summed E-state index contributed by atoms with van der Waals surface area (Å²) in [6.07, 6.45) is 0.143. The van der Waals surface area contributed by atoms with E-state index in [9.17, 15) is 13.2 Å². The van der Waals surface area contributed by atoms with Crippen molar-refractivity contribution in [1.29, 1.82) is 0 Å². The molecule has 0 saturated carbocycles. The van der Waals surface area contributed by atoms with Crippen LogP contribution >= 0.6 is 0 Å². The van der Waals surface area contributed by atoms with E-state index >= 15 is 0 Å². The van der Waals surface area contributed by atoms with Gasteiger partial charge in [0.05, 0.1) is 11.8 Å². The molecule has 3 rings (SSSR count). The van der Waals surface area contributed by atoms with Crippen molar-refractivity contribution >= 4 is 6.21 Å². The maximum absolute atomic E-state index is 12.9. The maximum atomic E-state index is 12.9. The Morgan fingerprint density at radius 1 is 1.08 bits per heavy atom. The van der Waals surface area contributed by atoms with Gasteiger partial charge in [-0.25, -0.2) is 4.68 Å². The number of aryl methyl sites for hydroxylation is 1. The molecule has 0 bridgehead atoms. The van der Waals surface area contributed by atoms with Crippen LogP contribution < -0.4 is 0 Å². The summed E-state index contributed by atoms with van der Waals surface area (Å²) < 4.78 is 42.0. The Hall–Kier alpha value is -2.90. The highest BCUT2D eigenvalue weighted by molar-refractivity contribution is 5.82. The van der Waals surface area contributed by atoms with Crippen LogP contribution in [0.1, 0.15) is 22.5 Å². The summed E-state index contributed by atoms with van der Waals surface area (Å²) in [5, 5.41) is 11.5. The van der Waals surface area contributed by atoms with Gasteiger partial charge in [0, 0.05) is 22.6 Å². The maximum Gasteiger partial charge on any atom is 0.416 e. The first-order chi connectivity index (χ1) is 11.4. The molecule has 1 aromatic carbocycles. The van der Waals surface area contributed by atoms with Gasteiger partial charge < -0.3 is 4.57 Å². The van der Waals surface area contributed by atoms with Crippen LogP contribution in [0.3, 0.4) is 0 Å². The highest BCUT2D eigenvalue weighted by Gasteiger charge is 2.30. The Bertz CT molecular complexity index is 876. The van der Waals surface area contributed by atoms with Crippen molar-refractivity contribution in [3.05, 3.63) is 65.5 Å². The second kappa shape index (κ2) is 5.95. The van der Waals surface area contributed by atoms with Gasteiger partial charge in [-0.1, -0.05) is 6.07 Å². The molecule has 8 heteroatoms. The highest BCUT2D eigenvalue weighted by Crippen LogP contribution is 2.31. The largest absolute Gasteiger partial charge is 0.416 e. The minimum Gasteiger partial charge on any atom is -0.318 e. The number of rotatable bonds is 3. The van der Waals surface area contributed by atoms with Crippen LogP contribution in [0.25, 0.3) is 5.69 Å². The molecule has 0 N–H and O–H groups in total. The van der Waals surface area contributed by atoms with Crippen molar-refractivity contribution in [2.45, 2.75) is 20.0 Å². The second-order valence-corrected chi connectivity index (χ2v) is 5.30. The fourth-order valence-corrected chi connectivity index (χ4v) is 2.52. The van der Waals surface area contributed by atoms with Crippen molar-refractivity contribution in [2.75, 3.05) is 0 Å². The summed E-state index contributed by atoms with van der Waals surface area (Å²) >= 11 is 0. The fraction of sp³-hybridized carbons (Fsp3) is 0.188. The molecule has 2 heterocycles. The van der Waals surface area contributed by atoms with Crippen molar-refractivity contribution in [1.82, 2.24) is 19.4 Å². The third kappa shape index (κ3) is 3.08. The predicted molar refractivity (Wildman–Crippen MR) is 83.3 cm³/mol. The molecule has 0 amide bonds. The van der Waals surface area contributed by atoms with E-state index in [1.165, 1.54) is 23.4 Å². The number of hydrogen-bond donors (Lipinski definition) is 0. The van der Waals surface area contributed by atoms with Gasteiger partial charge in [-0.3, -0.25) is 0 Å². The molecular weight excluding hydrogens is 319 g/mol. The number of aromatic nitrogens is 4. The molecule has 0 radical (unpaired) electrons. The van der Waals surface area contributed by atoms with E-state index in [1.54, 1.807) is 16.8 Å². The summed E-state index contributed by atoms with van der Waals surface area (Å²) in [5.74, 6) is 0. The van der Waals surface area contributed by atoms with Crippen LogP contribution in [0.5, 0.6) is 0 Å². The van der Waals surface area contributed by atoms with E-state index in [2.05, 4.69) is 15.3 Å². The first-order valence-corrected chi connectivity index (χ1v) is 7.12. The second-order valence-electron chi connectivity index (χ2n) is 5.30. The van der Waals surface area contributed by atoms with Gasteiger partial charge in [0.25, 0.3) is 0 Å². The van der Waals surface area contributed by atoms with Crippen molar-refractivity contribution in [2.24, 2.45) is 5.10 Å². The zero-order chi connectivity index (χ0) is 17.3. The van der Waals surface area contributed by atoms with Crippen molar-refractivity contribution in [3.8, 4) is 5.69 Å². The van der Waals surface area contributed by atoms with Gasteiger partial charge in [-0.15, -0.1) is 10.2 Å². The number of alkyl halides is 3. The zero-order valence-corrected chi connectivity index (χ0v) is 13.0. The number of hydrogen-bond acceptors (Lipinski definition) is 3. The Morgan fingerprint density at radius 3 is 2.46 bits per heavy atom. The monoisotopic (exact) mass is 333 g/mol. The molecule has 0 fully saturated rings. The zero-order valence-electron chi connectivity index (χ0n) is 13.0. The summed E-state index contributed by atoms with van der Waals surface area (Å²) in [6, 6.07) is 7.12. The standard InChI is InChI=1S/C16H14F3N5/c1-11-6-13(8-22-23-9-20-21-10-23)12(2)24(11)15-5-3-4-14(7-15)16(17,18)19/h3-10H,1-2H3/b22-8+. The molecule has 24 heavy (non-hydrogen) atoms. The SMILES string of the molecule is Cc1cc(/C=N/n2cnnc2)c(C)n1-c1cccc(C(F)(F)F)c1. The molecule has 2 aromatic heterocycles. The Morgan fingerprint density at radius 2 is 1.79 bits per heavy atom. The van der Waals surface area contributed by atoms with Gasteiger partial charge in [-0.2, -0.15) is 18.3 Å². The van der Waals surface area contributed by atoms with Crippen LogP contribution in [0.15, 0.2) is 48.1 Å². The van der Waals surface area contributed by atoms with Crippen molar-refractivity contribution < 1.29 is 13.2 Å². The predicted octanol–water partition coefficient (Wildman–Crippen LogP) is 3.59. The Kier molecular flexibility index (Phi) is 3.96. The molecule has 0 unspecified atom stereocenters. The smallest absolute Gasteiger partial charge is 0.318 e. The fourth-order valence-electron chi connectivity index (χ4n) is 2.52. The molecule has 124 valence electrons. The minimum atomic E-state index is -4.37.